The van der Waals surface area contributed by atoms with Gasteiger partial charge in [-0.05, 0) is 48.6 Å². The molecule has 0 bridgehead atoms. The zero-order valence-electron chi connectivity index (χ0n) is 16.6. The Bertz CT molecular complexity index is 800. The number of amides is 2. The number of aryl methyl sites for hydroxylation is 3. The summed E-state index contributed by atoms with van der Waals surface area (Å²) in [6.45, 7) is 4.27. The highest BCUT2D eigenvalue weighted by molar-refractivity contribution is 5.95. The molecule has 0 saturated carbocycles. The van der Waals surface area contributed by atoms with E-state index in [0.717, 1.165) is 34.5 Å². The van der Waals surface area contributed by atoms with Gasteiger partial charge in [0, 0.05) is 31.9 Å². The third kappa shape index (κ3) is 6.13. The summed E-state index contributed by atoms with van der Waals surface area (Å²) in [5.41, 5.74) is 5.05. The van der Waals surface area contributed by atoms with Gasteiger partial charge in [-0.25, -0.2) is 0 Å². The van der Waals surface area contributed by atoms with Gasteiger partial charge in [-0.1, -0.05) is 37.3 Å². The van der Waals surface area contributed by atoms with Crippen molar-refractivity contribution in [2.75, 3.05) is 31.3 Å². The number of benzene rings is 2. The van der Waals surface area contributed by atoms with Crippen LogP contribution in [0.25, 0.3) is 0 Å². The van der Waals surface area contributed by atoms with E-state index in [4.69, 9.17) is 0 Å². The van der Waals surface area contributed by atoms with Crippen molar-refractivity contribution in [1.29, 1.82) is 0 Å². The second-order valence-corrected chi connectivity index (χ2v) is 6.85. The number of anilines is 2. The molecular weight excluding hydrogens is 338 g/mol. The average Bonchev–Trinajstić information content (AvgIpc) is 2.66. The van der Waals surface area contributed by atoms with Gasteiger partial charge in [0.2, 0.25) is 11.8 Å². The Hall–Kier alpha value is -2.82. The third-order valence-electron chi connectivity index (χ3n) is 4.51. The Morgan fingerprint density at radius 2 is 1.81 bits per heavy atom. The van der Waals surface area contributed by atoms with E-state index < -0.39 is 0 Å². The molecule has 5 nitrogen and oxygen atoms in total. The van der Waals surface area contributed by atoms with Crippen molar-refractivity contribution in [2.24, 2.45) is 0 Å². The molecule has 2 amide bonds. The first-order valence-corrected chi connectivity index (χ1v) is 9.32. The maximum atomic E-state index is 12.4. The lowest BCUT2D eigenvalue weighted by Crippen LogP contribution is -2.23. The maximum Gasteiger partial charge on any atom is 0.243 e. The van der Waals surface area contributed by atoms with Crippen molar-refractivity contribution in [1.82, 2.24) is 4.90 Å². The third-order valence-corrected chi connectivity index (χ3v) is 4.51. The highest BCUT2D eigenvalue weighted by atomic mass is 16.2. The molecule has 5 heteroatoms. The van der Waals surface area contributed by atoms with Crippen LogP contribution in [-0.2, 0) is 22.4 Å². The van der Waals surface area contributed by atoms with Crippen LogP contribution in [0.15, 0.2) is 42.5 Å². The fourth-order valence-electron chi connectivity index (χ4n) is 2.88. The molecule has 0 saturated heterocycles. The summed E-state index contributed by atoms with van der Waals surface area (Å²) in [7, 11) is 3.52. The molecule has 2 aromatic rings. The zero-order chi connectivity index (χ0) is 19.8. The van der Waals surface area contributed by atoms with Gasteiger partial charge in [-0.2, -0.15) is 0 Å². The molecular formula is C22H29N3O2. The van der Waals surface area contributed by atoms with E-state index in [9.17, 15) is 9.59 Å². The first kappa shape index (κ1) is 20.5. The van der Waals surface area contributed by atoms with Gasteiger partial charge < -0.3 is 15.5 Å². The van der Waals surface area contributed by atoms with Crippen LogP contribution in [0.4, 0.5) is 11.4 Å². The van der Waals surface area contributed by atoms with Crippen molar-refractivity contribution in [2.45, 2.75) is 33.1 Å². The summed E-state index contributed by atoms with van der Waals surface area (Å²) >= 11 is 0. The van der Waals surface area contributed by atoms with Crippen molar-refractivity contribution in [3.63, 3.8) is 0 Å². The minimum atomic E-state index is -0.0767. The smallest absolute Gasteiger partial charge is 0.243 e. The summed E-state index contributed by atoms with van der Waals surface area (Å²) in [6, 6.07) is 13.9. The van der Waals surface area contributed by atoms with Crippen LogP contribution >= 0.6 is 0 Å². The van der Waals surface area contributed by atoms with Crippen LogP contribution in [0.3, 0.4) is 0 Å². The Balaban J connectivity index is 1.92. The monoisotopic (exact) mass is 367 g/mol. The van der Waals surface area contributed by atoms with Gasteiger partial charge in [-0.3, -0.25) is 9.59 Å². The molecule has 0 aliphatic carbocycles. The molecule has 0 aliphatic rings. The molecule has 2 N–H and O–H groups in total. The summed E-state index contributed by atoms with van der Waals surface area (Å²) in [5.74, 6) is 0.0323. The Kier molecular flexibility index (Phi) is 7.41. The topological polar surface area (TPSA) is 61.4 Å². The van der Waals surface area contributed by atoms with Crippen LogP contribution in [0, 0.1) is 6.92 Å². The number of nitrogens with zero attached hydrogens (tertiary/aromatic N) is 1. The van der Waals surface area contributed by atoms with Crippen molar-refractivity contribution in [3.8, 4) is 0 Å². The Morgan fingerprint density at radius 3 is 2.52 bits per heavy atom. The maximum absolute atomic E-state index is 12.4. The normalized spacial score (nSPS) is 10.4. The van der Waals surface area contributed by atoms with Crippen molar-refractivity contribution >= 4 is 23.2 Å². The number of carbonyl (C=O) groups excluding carboxylic acids is 2. The second-order valence-electron chi connectivity index (χ2n) is 6.85. The first-order chi connectivity index (χ1) is 12.9. The highest BCUT2D eigenvalue weighted by Crippen LogP contribution is 2.21. The van der Waals surface area contributed by atoms with Crippen molar-refractivity contribution < 1.29 is 9.59 Å². The molecule has 0 unspecified atom stereocenters. The van der Waals surface area contributed by atoms with Gasteiger partial charge in [0.05, 0.1) is 6.54 Å². The molecule has 2 rings (SSSR count). The second kappa shape index (κ2) is 9.76. The molecule has 27 heavy (non-hydrogen) atoms. The molecule has 0 heterocycles. The quantitative estimate of drug-likeness (QED) is 0.749. The Morgan fingerprint density at radius 1 is 1.07 bits per heavy atom. The summed E-state index contributed by atoms with van der Waals surface area (Å²) in [6.07, 6.45) is 2.03. The SMILES string of the molecule is CCc1cccc(C)c1NC(=O)CNc1cccc(CCC(=O)N(C)C)c1. The molecule has 0 atom stereocenters. The lowest BCUT2D eigenvalue weighted by molar-refractivity contribution is -0.128. The van der Waals surface area contributed by atoms with E-state index in [1.165, 1.54) is 0 Å². The number of nitrogens with one attached hydrogen (secondary N) is 2. The predicted molar refractivity (Wildman–Crippen MR) is 111 cm³/mol. The molecule has 0 aliphatic heterocycles. The number of hydrogen-bond acceptors (Lipinski definition) is 3. The standard InChI is InChI=1S/C22H29N3O2/c1-5-18-10-6-8-16(2)22(18)24-20(26)15-23-19-11-7-9-17(14-19)12-13-21(27)25(3)4/h6-11,14,23H,5,12-13,15H2,1-4H3,(H,24,26). The average molecular weight is 367 g/mol. The van der Waals surface area contributed by atoms with Gasteiger partial charge in [0.15, 0.2) is 0 Å². The van der Waals surface area contributed by atoms with Crippen LogP contribution in [-0.4, -0.2) is 37.4 Å². The van der Waals surface area contributed by atoms with E-state index in [0.29, 0.717) is 12.8 Å². The van der Waals surface area contributed by atoms with Crippen molar-refractivity contribution in [3.05, 3.63) is 59.2 Å². The zero-order valence-corrected chi connectivity index (χ0v) is 16.6. The van der Waals surface area contributed by atoms with E-state index in [1.807, 2.05) is 49.4 Å². The molecule has 0 fully saturated rings. The minimum absolute atomic E-state index is 0.0767. The largest absolute Gasteiger partial charge is 0.376 e. The molecule has 0 aromatic heterocycles. The lowest BCUT2D eigenvalue weighted by Gasteiger charge is -2.14. The fourth-order valence-corrected chi connectivity index (χ4v) is 2.88. The number of hydrogen-bond donors (Lipinski definition) is 2. The summed E-state index contributed by atoms with van der Waals surface area (Å²) in [4.78, 5) is 25.7. The van der Waals surface area contributed by atoms with Gasteiger partial charge in [0.1, 0.15) is 0 Å². The van der Waals surface area contributed by atoms with Gasteiger partial charge in [0.25, 0.3) is 0 Å². The van der Waals surface area contributed by atoms with E-state index in [2.05, 4.69) is 17.6 Å². The van der Waals surface area contributed by atoms with E-state index in [-0.39, 0.29) is 18.4 Å². The number of carbonyl (C=O) groups is 2. The molecule has 2 aromatic carbocycles. The summed E-state index contributed by atoms with van der Waals surface area (Å²) < 4.78 is 0. The lowest BCUT2D eigenvalue weighted by atomic mass is 10.1. The highest BCUT2D eigenvalue weighted by Gasteiger charge is 2.09. The number of rotatable bonds is 8. The predicted octanol–water partition coefficient (Wildman–Crippen LogP) is 3.63. The fraction of sp³-hybridized carbons (Fsp3) is 0.364. The first-order valence-electron chi connectivity index (χ1n) is 9.32. The van der Waals surface area contributed by atoms with Gasteiger partial charge >= 0.3 is 0 Å². The van der Waals surface area contributed by atoms with E-state index in [1.54, 1.807) is 19.0 Å². The van der Waals surface area contributed by atoms with Gasteiger partial charge in [-0.15, -0.1) is 0 Å². The van der Waals surface area contributed by atoms with Crippen LogP contribution in [0.1, 0.15) is 30.0 Å². The van der Waals surface area contributed by atoms with Crippen LogP contribution in [0.2, 0.25) is 0 Å². The van der Waals surface area contributed by atoms with Crippen LogP contribution in [0.5, 0.6) is 0 Å². The van der Waals surface area contributed by atoms with Crippen LogP contribution < -0.4 is 10.6 Å². The molecule has 0 radical (unpaired) electrons. The Labute approximate surface area is 161 Å². The molecule has 144 valence electrons. The number of para-hydroxylation sites is 1. The minimum Gasteiger partial charge on any atom is -0.376 e. The van der Waals surface area contributed by atoms with E-state index >= 15 is 0 Å². The summed E-state index contributed by atoms with van der Waals surface area (Å²) in [5, 5.41) is 6.18. The molecule has 0 spiro atoms.